The Morgan fingerprint density at radius 2 is 2.10 bits per heavy atom. The standard InChI is InChI=1S/C11H13ClFNO5S/c1-6(5-18-2)19-11(15)7-3-10(20(14,16)17)9(13)4-8(7)12/h3-4,6H,5H2,1-2H3,(H2,14,16,17). The topological polar surface area (TPSA) is 95.7 Å². The lowest BCUT2D eigenvalue weighted by Crippen LogP contribution is -2.21. The summed E-state index contributed by atoms with van der Waals surface area (Å²) in [5.41, 5.74) is -0.292. The maximum absolute atomic E-state index is 13.5. The number of halogens is 2. The number of rotatable bonds is 5. The van der Waals surface area contributed by atoms with Crippen molar-refractivity contribution in [3.63, 3.8) is 0 Å². The summed E-state index contributed by atoms with van der Waals surface area (Å²) in [4.78, 5) is 11.0. The molecule has 2 N–H and O–H groups in total. The smallest absolute Gasteiger partial charge is 0.340 e. The van der Waals surface area contributed by atoms with Gasteiger partial charge in [0, 0.05) is 7.11 Å². The second kappa shape index (κ2) is 6.49. The largest absolute Gasteiger partial charge is 0.457 e. The average molecular weight is 326 g/mol. The molecule has 0 saturated carbocycles. The number of hydrogen-bond donors (Lipinski definition) is 1. The van der Waals surface area contributed by atoms with Gasteiger partial charge in [-0.05, 0) is 19.1 Å². The zero-order chi connectivity index (χ0) is 15.5. The summed E-state index contributed by atoms with van der Waals surface area (Å²) in [6.45, 7) is 1.71. The van der Waals surface area contributed by atoms with Crippen molar-refractivity contribution in [1.29, 1.82) is 0 Å². The molecular formula is C11H13ClFNO5S. The van der Waals surface area contributed by atoms with E-state index >= 15 is 0 Å². The van der Waals surface area contributed by atoms with Crippen molar-refractivity contribution < 1.29 is 27.1 Å². The fourth-order valence-electron chi connectivity index (χ4n) is 1.42. The summed E-state index contributed by atoms with van der Waals surface area (Å²) in [7, 11) is -2.89. The molecule has 1 aromatic rings. The lowest BCUT2D eigenvalue weighted by atomic mass is 10.2. The van der Waals surface area contributed by atoms with E-state index in [4.69, 9.17) is 26.2 Å². The molecule has 20 heavy (non-hydrogen) atoms. The third kappa shape index (κ3) is 4.14. The highest BCUT2D eigenvalue weighted by Crippen LogP contribution is 2.24. The first-order valence-electron chi connectivity index (χ1n) is 5.38. The van der Waals surface area contributed by atoms with Crippen LogP contribution in [0.1, 0.15) is 17.3 Å². The number of ether oxygens (including phenoxy) is 2. The number of primary sulfonamides is 1. The van der Waals surface area contributed by atoms with Crippen molar-refractivity contribution in [2.45, 2.75) is 17.9 Å². The molecule has 0 bridgehead atoms. The van der Waals surface area contributed by atoms with Gasteiger partial charge in [-0.1, -0.05) is 11.6 Å². The molecular weight excluding hydrogens is 313 g/mol. The van der Waals surface area contributed by atoms with Gasteiger partial charge in [0.1, 0.15) is 16.8 Å². The highest BCUT2D eigenvalue weighted by molar-refractivity contribution is 7.89. The predicted molar refractivity (Wildman–Crippen MR) is 69.5 cm³/mol. The summed E-state index contributed by atoms with van der Waals surface area (Å²) in [5.74, 6) is -2.04. The van der Waals surface area contributed by atoms with Gasteiger partial charge in [-0.15, -0.1) is 0 Å². The van der Waals surface area contributed by atoms with Crippen LogP contribution in [0.4, 0.5) is 4.39 Å². The highest BCUT2D eigenvalue weighted by atomic mass is 35.5. The second-order valence-corrected chi connectivity index (χ2v) is 5.92. The molecule has 6 nitrogen and oxygen atoms in total. The fraction of sp³-hybridized carbons (Fsp3) is 0.364. The van der Waals surface area contributed by atoms with E-state index in [0.717, 1.165) is 6.07 Å². The lowest BCUT2D eigenvalue weighted by molar-refractivity contribution is 0.0120. The Kier molecular flexibility index (Phi) is 5.46. The fourth-order valence-corrected chi connectivity index (χ4v) is 2.26. The Bertz CT molecular complexity index is 619. The van der Waals surface area contributed by atoms with Crippen LogP contribution in [-0.2, 0) is 19.5 Å². The molecule has 1 aromatic carbocycles. The normalized spacial score (nSPS) is 13.1. The molecule has 112 valence electrons. The molecule has 0 aromatic heterocycles. The Hall–Kier alpha value is -1.22. The molecule has 0 saturated heterocycles. The minimum absolute atomic E-state index is 0.145. The molecule has 0 radical (unpaired) electrons. The van der Waals surface area contributed by atoms with Gasteiger partial charge in [0.05, 0.1) is 17.2 Å². The van der Waals surface area contributed by atoms with Gasteiger partial charge in [0.15, 0.2) is 0 Å². The maximum atomic E-state index is 13.5. The third-order valence-corrected chi connectivity index (χ3v) is 3.50. The van der Waals surface area contributed by atoms with Crippen molar-refractivity contribution in [1.82, 2.24) is 0 Å². The Morgan fingerprint density at radius 3 is 2.60 bits per heavy atom. The molecule has 9 heteroatoms. The molecule has 0 spiro atoms. The van der Waals surface area contributed by atoms with Crippen LogP contribution in [-0.4, -0.2) is 34.2 Å². The van der Waals surface area contributed by atoms with E-state index in [0.29, 0.717) is 6.07 Å². The average Bonchev–Trinajstić information content (AvgIpc) is 2.26. The summed E-state index contributed by atoms with van der Waals surface area (Å²) >= 11 is 5.70. The van der Waals surface area contributed by atoms with Crippen LogP contribution in [0, 0.1) is 5.82 Å². The number of hydrogen-bond acceptors (Lipinski definition) is 5. The maximum Gasteiger partial charge on any atom is 0.340 e. The van der Waals surface area contributed by atoms with E-state index in [1.54, 1.807) is 6.92 Å². The van der Waals surface area contributed by atoms with Gasteiger partial charge >= 0.3 is 5.97 Å². The van der Waals surface area contributed by atoms with E-state index < -0.39 is 32.8 Å². The molecule has 0 aliphatic heterocycles. The highest BCUT2D eigenvalue weighted by Gasteiger charge is 2.22. The Balaban J connectivity index is 3.16. The van der Waals surface area contributed by atoms with E-state index in [9.17, 15) is 17.6 Å². The number of methoxy groups -OCH3 is 1. The van der Waals surface area contributed by atoms with Gasteiger partial charge in [0.25, 0.3) is 0 Å². The molecule has 1 atom stereocenters. The van der Waals surface area contributed by atoms with Crippen molar-refractivity contribution in [2.75, 3.05) is 13.7 Å². The lowest BCUT2D eigenvalue weighted by Gasteiger charge is -2.13. The summed E-state index contributed by atoms with van der Waals surface area (Å²) in [5, 5.41) is 4.57. The first-order chi connectivity index (χ1) is 9.16. The summed E-state index contributed by atoms with van der Waals surface area (Å²) in [6, 6.07) is 1.44. The van der Waals surface area contributed by atoms with Crippen LogP contribution < -0.4 is 5.14 Å². The van der Waals surface area contributed by atoms with E-state index in [2.05, 4.69) is 0 Å². The first kappa shape index (κ1) is 16.8. The van der Waals surface area contributed by atoms with Crippen LogP contribution in [0.5, 0.6) is 0 Å². The van der Waals surface area contributed by atoms with Crippen molar-refractivity contribution >= 4 is 27.6 Å². The van der Waals surface area contributed by atoms with Crippen LogP contribution in [0.2, 0.25) is 5.02 Å². The summed E-state index contributed by atoms with van der Waals surface area (Å²) in [6.07, 6.45) is -0.577. The van der Waals surface area contributed by atoms with Gasteiger partial charge in [0.2, 0.25) is 10.0 Å². The van der Waals surface area contributed by atoms with Crippen LogP contribution in [0.3, 0.4) is 0 Å². The van der Waals surface area contributed by atoms with E-state index in [1.165, 1.54) is 7.11 Å². The number of esters is 1. The summed E-state index contributed by atoms with van der Waals surface area (Å²) < 4.78 is 45.6. The minimum atomic E-state index is -4.31. The van der Waals surface area contributed by atoms with E-state index in [1.807, 2.05) is 0 Å². The zero-order valence-electron chi connectivity index (χ0n) is 10.7. The van der Waals surface area contributed by atoms with Crippen molar-refractivity contribution in [3.8, 4) is 0 Å². The molecule has 0 heterocycles. The Morgan fingerprint density at radius 1 is 1.50 bits per heavy atom. The predicted octanol–water partition coefficient (Wildman–Crippen LogP) is 1.32. The number of benzene rings is 1. The molecule has 1 rings (SSSR count). The van der Waals surface area contributed by atoms with E-state index in [-0.39, 0.29) is 17.2 Å². The SMILES string of the molecule is COCC(C)OC(=O)c1cc(S(N)(=O)=O)c(F)cc1Cl. The van der Waals surface area contributed by atoms with Gasteiger partial charge in [-0.3, -0.25) is 0 Å². The third-order valence-electron chi connectivity index (χ3n) is 2.26. The Labute approximate surface area is 120 Å². The zero-order valence-corrected chi connectivity index (χ0v) is 12.3. The molecule has 1 unspecified atom stereocenters. The first-order valence-corrected chi connectivity index (χ1v) is 7.31. The van der Waals surface area contributed by atoms with Crippen molar-refractivity contribution in [3.05, 3.63) is 28.5 Å². The number of sulfonamides is 1. The quantitative estimate of drug-likeness (QED) is 0.824. The van der Waals surface area contributed by atoms with Crippen LogP contribution >= 0.6 is 11.6 Å². The minimum Gasteiger partial charge on any atom is -0.457 e. The molecule has 0 aliphatic carbocycles. The molecule has 0 aliphatic rings. The second-order valence-electron chi connectivity index (χ2n) is 3.98. The van der Waals surface area contributed by atoms with Gasteiger partial charge in [-0.25, -0.2) is 22.7 Å². The molecule has 0 fully saturated rings. The number of nitrogens with two attached hydrogens (primary N) is 1. The monoisotopic (exact) mass is 325 g/mol. The number of carbonyl (C=O) groups is 1. The number of carbonyl (C=O) groups excluding carboxylic acids is 1. The molecule has 0 amide bonds. The van der Waals surface area contributed by atoms with Gasteiger partial charge < -0.3 is 9.47 Å². The van der Waals surface area contributed by atoms with Crippen LogP contribution in [0.15, 0.2) is 17.0 Å². The van der Waals surface area contributed by atoms with Crippen molar-refractivity contribution in [2.24, 2.45) is 5.14 Å². The van der Waals surface area contributed by atoms with Crippen LogP contribution in [0.25, 0.3) is 0 Å². The van der Waals surface area contributed by atoms with Gasteiger partial charge in [-0.2, -0.15) is 0 Å².